The summed E-state index contributed by atoms with van der Waals surface area (Å²) in [6, 6.07) is 14.2. The first kappa shape index (κ1) is 23.2. The first-order chi connectivity index (χ1) is 16.8. The standard InChI is InChI=1S/C26H28N4O5/c1-17-27-25(35-28-17)26-15-29(12-18-4-2-6-20(10-18)23(31)32)9-8-22(26)14-30(16-26)13-19-5-3-7-21(11-19)24(33)34/h2-7,10-11,22H,8-9,12-16H2,1H3,(H,31,32)(H,33,34)/t22-,26-/m0/s1. The Bertz CT molecular complexity index is 1200. The number of aromatic nitrogens is 2. The molecule has 0 saturated carbocycles. The van der Waals surface area contributed by atoms with Crippen LogP contribution in [0.25, 0.3) is 0 Å². The minimum absolute atomic E-state index is 0.287. The molecule has 1 aromatic heterocycles. The van der Waals surface area contributed by atoms with Crippen molar-refractivity contribution in [1.82, 2.24) is 19.9 Å². The van der Waals surface area contributed by atoms with Gasteiger partial charge in [-0.2, -0.15) is 4.98 Å². The smallest absolute Gasteiger partial charge is 0.335 e. The number of likely N-dealkylation sites (tertiary alicyclic amines) is 2. The molecule has 9 heteroatoms. The highest BCUT2D eigenvalue weighted by Crippen LogP contribution is 2.44. The average molecular weight is 477 g/mol. The van der Waals surface area contributed by atoms with Crippen LogP contribution in [0.15, 0.2) is 53.1 Å². The van der Waals surface area contributed by atoms with Crippen LogP contribution in [0.4, 0.5) is 0 Å². The lowest BCUT2D eigenvalue weighted by Gasteiger charge is -2.42. The fraction of sp³-hybridized carbons (Fsp3) is 0.385. The van der Waals surface area contributed by atoms with E-state index in [1.165, 1.54) is 0 Å². The fourth-order valence-corrected chi connectivity index (χ4v) is 5.63. The molecule has 2 N–H and O–H groups in total. The Morgan fingerprint density at radius 3 is 2.17 bits per heavy atom. The van der Waals surface area contributed by atoms with Crippen LogP contribution in [-0.4, -0.2) is 68.3 Å². The molecule has 0 amide bonds. The van der Waals surface area contributed by atoms with Gasteiger partial charge in [-0.3, -0.25) is 9.80 Å². The molecule has 9 nitrogen and oxygen atoms in total. The van der Waals surface area contributed by atoms with Crippen LogP contribution in [0.5, 0.6) is 0 Å². The zero-order valence-electron chi connectivity index (χ0n) is 19.6. The van der Waals surface area contributed by atoms with Gasteiger partial charge in [-0.1, -0.05) is 29.4 Å². The first-order valence-electron chi connectivity index (χ1n) is 11.7. The predicted octanol–water partition coefficient (Wildman–Crippen LogP) is 3.05. The minimum atomic E-state index is -0.929. The molecule has 2 aliphatic rings. The molecule has 2 aromatic carbocycles. The van der Waals surface area contributed by atoms with E-state index in [0.29, 0.717) is 30.7 Å². The highest BCUT2D eigenvalue weighted by Gasteiger charge is 2.54. The monoisotopic (exact) mass is 476 g/mol. The molecule has 2 aliphatic heterocycles. The van der Waals surface area contributed by atoms with Crippen LogP contribution >= 0.6 is 0 Å². The lowest BCUT2D eigenvalue weighted by atomic mass is 9.73. The van der Waals surface area contributed by atoms with Crippen molar-refractivity contribution in [2.24, 2.45) is 5.92 Å². The van der Waals surface area contributed by atoms with Gasteiger partial charge in [-0.15, -0.1) is 0 Å². The predicted molar refractivity (Wildman–Crippen MR) is 126 cm³/mol. The molecular formula is C26H28N4O5. The quantitative estimate of drug-likeness (QED) is 0.530. The summed E-state index contributed by atoms with van der Waals surface area (Å²) in [7, 11) is 0. The Balaban J connectivity index is 1.39. The van der Waals surface area contributed by atoms with Gasteiger partial charge in [-0.05, 0) is 61.2 Å². The van der Waals surface area contributed by atoms with Crippen LogP contribution in [0, 0.1) is 12.8 Å². The topological polar surface area (TPSA) is 120 Å². The maximum Gasteiger partial charge on any atom is 0.335 e. The number of carboxylic acid groups (broad SMARTS) is 2. The van der Waals surface area contributed by atoms with Gasteiger partial charge in [0.1, 0.15) is 0 Å². The first-order valence-corrected chi connectivity index (χ1v) is 11.7. The highest BCUT2D eigenvalue weighted by atomic mass is 16.5. The number of aryl methyl sites for hydroxylation is 1. The van der Waals surface area contributed by atoms with E-state index in [1.807, 2.05) is 19.1 Å². The van der Waals surface area contributed by atoms with Crippen molar-refractivity contribution in [3.05, 3.63) is 82.5 Å². The van der Waals surface area contributed by atoms with Crippen molar-refractivity contribution >= 4 is 11.9 Å². The highest BCUT2D eigenvalue weighted by molar-refractivity contribution is 5.88. The second-order valence-electron chi connectivity index (χ2n) is 9.68. The summed E-state index contributed by atoms with van der Waals surface area (Å²) in [5.74, 6) is -0.284. The van der Waals surface area contributed by atoms with Crippen LogP contribution in [0.2, 0.25) is 0 Å². The number of aromatic carboxylic acids is 2. The SMILES string of the molecule is Cc1noc([C@]23CN(Cc4cccc(C(=O)O)c4)CC[C@H]2CN(Cc2cccc(C(=O)O)c2)C3)n1. The van der Waals surface area contributed by atoms with Gasteiger partial charge in [-0.25, -0.2) is 9.59 Å². The number of hydrogen-bond donors (Lipinski definition) is 2. The Hall–Kier alpha value is -3.56. The van der Waals surface area contributed by atoms with Crippen molar-refractivity contribution in [2.75, 3.05) is 26.2 Å². The van der Waals surface area contributed by atoms with E-state index < -0.39 is 11.9 Å². The zero-order chi connectivity index (χ0) is 24.6. The van der Waals surface area contributed by atoms with Crippen LogP contribution in [0.1, 0.15) is 50.0 Å². The lowest BCUT2D eigenvalue weighted by molar-refractivity contribution is 0.0685. The van der Waals surface area contributed by atoms with Gasteiger partial charge >= 0.3 is 11.9 Å². The minimum Gasteiger partial charge on any atom is -0.478 e. The summed E-state index contributed by atoms with van der Waals surface area (Å²) in [5, 5.41) is 22.8. The summed E-state index contributed by atoms with van der Waals surface area (Å²) >= 11 is 0. The molecule has 5 rings (SSSR count). The number of piperidine rings is 1. The van der Waals surface area contributed by atoms with Crippen molar-refractivity contribution in [3.63, 3.8) is 0 Å². The number of benzene rings is 2. The molecular weight excluding hydrogens is 448 g/mol. The third-order valence-electron chi connectivity index (χ3n) is 7.18. The second kappa shape index (κ2) is 9.24. The summed E-state index contributed by atoms with van der Waals surface area (Å²) < 4.78 is 5.74. The Morgan fingerprint density at radius 2 is 1.60 bits per heavy atom. The maximum atomic E-state index is 11.4. The van der Waals surface area contributed by atoms with E-state index in [1.54, 1.807) is 36.4 Å². The van der Waals surface area contributed by atoms with Crippen LogP contribution in [-0.2, 0) is 18.5 Å². The van der Waals surface area contributed by atoms with E-state index >= 15 is 0 Å². The molecule has 2 atom stereocenters. The number of hydrogen-bond acceptors (Lipinski definition) is 7. The normalized spacial score (nSPS) is 22.7. The van der Waals surface area contributed by atoms with Gasteiger partial charge in [0, 0.05) is 32.7 Å². The molecule has 0 unspecified atom stereocenters. The lowest BCUT2D eigenvalue weighted by Crippen LogP contribution is -2.51. The third-order valence-corrected chi connectivity index (χ3v) is 7.18. The molecule has 0 radical (unpaired) electrons. The Labute approximate surface area is 203 Å². The maximum absolute atomic E-state index is 11.4. The molecule has 3 aromatic rings. The van der Waals surface area contributed by atoms with Gasteiger partial charge in [0.25, 0.3) is 0 Å². The van der Waals surface area contributed by atoms with Gasteiger partial charge < -0.3 is 14.7 Å². The average Bonchev–Trinajstić information content (AvgIpc) is 3.43. The molecule has 0 spiro atoms. The van der Waals surface area contributed by atoms with E-state index in [4.69, 9.17) is 4.52 Å². The number of carbonyl (C=O) groups is 2. The summed E-state index contributed by atoms with van der Waals surface area (Å²) in [4.78, 5) is 32.1. The molecule has 0 bridgehead atoms. The van der Waals surface area contributed by atoms with E-state index in [2.05, 4.69) is 19.9 Å². The molecule has 2 saturated heterocycles. The number of nitrogens with zero attached hydrogens (tertiary/aromatic N) is 4. The molecule has 182 valence electrons. The Morgan fingerprint density at radius 1 is 1.00 bits per heavy atom. The van der Waals surface area contributed by atoms with Crippen molar-refractivity contribution in [1.29, 1.82) is 0 Å². The molecule has 3 heterocycles. The fourth-order valence-electron chi connectivity index (χ4n) is 5.63. The molecule has 0 aliphatic carbocycles. The summed E-state index contributed by atoms with van der Waals surface area (Å²) in [5.41, 5.74) is 2.16. The summed E-state index contributed by atoms with van der Waals surface area (Å²) in [6.07, 6.45) is 0.950. The van der Waals surface area contributed by atoms with Crippen molar-refractivity contribution in [3.8, 4) is 0 Å². The van der Waals surface area contributed by atoms with Crippen LogP contribution < -0.4 is 0 Å². The number of carboxylic acids is 2. The number of fused-ring (bicyclic) bond motifs is 1. The zero-order valence-corrected chi connectivity index (χ0v) is 19.6. The van der Waals surface area contributed by atoms with Gasteiger partial charge in [0.15, 0.2) is 5.82 Å². The molecule has 35 heavy (non-hydrogen) atoms. The summed E-state index contributed by atoms with van der Waals surface area (Å²) in [6.45, 7) is 6.31. The number of rotatable bonds is 7. The van der Waals surface area contributed by atoms with Crippen molar-refractivity contribution < 1.29 is 24.3 Å². The second-order valence-corrected chi connectivity index (χ2v) is 9.68. The van der Waals surface area contributed by atoms with Gasteiger partial charge in [0.05, 0.1) is 16.5 Å². The Kier molecular flexibility index (Phi) is 6.12. The largest absolute Gasteiger partial charge is 0.478 e. The molecule has 2 fully saturated rings. The van der Waals surface area contributed by atoms with E-state index in [-0.39, 0.29) is 16.5 Å². The van der Waals surface area contributed by atoms with Crippen molar-refractivity contribution in [2.45, 2.75) is 31.8 Å². The van der Waals surface area contributed by atoms with Gasteiger partial charge in [0.2, 0.25) is 5.89 Å². The van der Waals surface area contributed by atoms with Crippen LogP contribution in [0.3, 0.4) is 0 Å². The third kappa shape index (κ3) is 4.69. The van der Waals surface area contributed by atoms with E-state index in [0.717, 1.165) is 43.7 Å². The van der Waals surface area contributed by atoms with E-state index in [9.17, 15) is 19.8 Å².